The molecule has 0 rings (SSSR count). The smallest absolute Gasteiger partial charge is 0.325 e. The fourth-order valence-corrected chi connectivity index (χ4v) is 1.60. The van der Waals surface area contributed by atoms with Gasteiger partial charge >= 0.3 is 17.9 Å². The lowest BCUT2D eigenvalue weighted by Crippen LogP contribution is -2.54. The molecule has 0 bridgehead atoms. The van der Waals surface area contributed by atoms with Crippen molar-refractivity contribution in [3.05, 3.63) is 0 Å². The number of carbonyl (C=O) groups excluding carboxylic acids is 2. The van der Waals surface area contributed by atoms with Gasteiger partial charge in [0.25, 0.3) is 0 Å². The Kier molecular flexibility index (Phi) is 9.02. The van der Waals surface area contributed by atoms with Gasteiger partial charge in [-0.15, -0.1) is 0 Å². The second kappa shape index (κ2) is 10.2. The van der Waals surface area contributed by atoms with E-state index in [1.54, 1.807) is 0 Å². The molecule has 0 aliphatic heterocycles. The Morgan fingerprint density at radius 3 is 1.83 bits per heavy atom. The summed E-state index contributed by atoms with van der Waals surface area (Å²) in [6.07, 6.45) is -1.23. The number of carbonyl (C=O) groups is 5. The first-order valence-electron chi connectivity index (χ1n) is 7.07. The van der Waals surface area contributed by atoms with Gasteiger partial charge in [-0.3, -0.25) is 24.0 Å². The molecule has 7 N–H and O–H groups in total. The molecule has 2 amide bonds. The third kappa shape index (κ3) is 8.68. The Bertz CT molecular complexity index is 507. The van der Waals surface area contributed by atoms with E-state index in [0.29, 0.717) is 0 Å². The minimum Gasteiger partial charge on any atom is -0.481 e. The molecule has 136 valence electrons. The second-order valence-electron chi connectivity index (χ2n) is 5.10. The number of carboxylic acids is 3. The highest BCUT2D eigenvalue weighted by Crippen LogP contribution is 2.02. The standard InChI is InChI=1S/C13H21N3O8/c1-6(13(23)24)15-12(22)8(3-5-10(19)20)16-11(21)7(14)2-4-9(17)18/h6-8H,2-5,14H2,1H3,(H,15,22)(H,16,21)(H,17,18)(H,19,20)(H,23,24). The van der Waals surface area contributed by atoms with Crippen LogP contribution >= 0.6 is 0 Å². The lowest BCUT2D eigenvalue weighted by molar-refractivity contribution is -0.142. The number of amides is 2. The highest BCUT2D eigenvalue weighted by Gasteiger charge is 2.26. The van der Waals surface area contributed by atoms with E-state index in [9.17, 15) is 24.0 Å². The minimum absolute atomic E-state index is 0.167. The topological polar surface area (TPSA) is 196 Å². The summed E-state index contributed by atoms with van der Waals surface area (Å²) >= 11 is 0. The van der Waals surface area contributed by atoms with Gasteiger partial charge < -0.3 is 31.7 Å². The van der Waals surface area contributed by atoms with Crippen molar-refractivity contribution in [2.45, 2.75) is 50.7 Å². The van der Waals surface area contributed by atoms with Crippen molar-refractivity contribution < 1.29 is 39.3 Å². The Morgan fingerprint density at radius 1 is 0.875 bits per heavy atom. The quantitative estimate of drug-likeness (QED) is 0.248. The summed E-state index contributed by atoms with van der Waals surface area (Å²) in [7, 11) is 0. The van der Waals surface area contributed by atoms with Gasteiger partial charge in [0, 0.05) is 12.8 Å². The van der Waals surface area contributed by atoms with Crippen LogP contribution in [0.2, 0.25) is 0 Å². The molecule has 0 aliphatic rings. The number of hydrogen-bond donors (Lipinski definition) is 6. The van der Waals surface area contributed by atoms with Gasteiger partial charge in [0.1, 0.15) is 12.1 Å². The van der Waals surface area contributed by atoms with E-state index in [1.807, 2.05) is 0 Å². The first-order valence-corrected chi connectivity index (χ1v) is 7.07. The van der Waals surface area contributed by atoms with E-state index in [-0.39, 0.29) is 19.3 Å². The van der Waals surface area contributed by atoms with Crippen LogP contribution in [-0.4, -0.2) is 63.2 Å². The van der Waals surface area contributed by atoms with Crippen LogP contribution < -0.4 is 16.4 Å². The fourth-order valence-electron chi connectivity index (χ4n) is 1.60. The van der Waals surface area contributed by atoms with E-state index in [0.717, 1.165) is 0 Å². The molecule has 0 fully saturated rings. The Morgan fingerprint density at radius 2 is 1.38 bits per heavy atom. The van der Waals surface area contributed by atoms with Crippen molar-refractivity contribution in [3.8, 4) is 0 Å². The third-order valence-electron chi connectivity index (χ3n) is 3.02. The number of nitrogens with two attached hydrogens (primary N) is 1. The van der Waals surface area contributed by atoms with Crippen molar-refractivity contribution in [2.75, 3.05) is 0 Å². The normalized spacial score (nSPS) is 14.1. The average molecular weight is 347 g/mol. The van der Waals surface area contributed by atoms with E-state index in [4.69, 9.17) is 21.1 Å². The minimum atomic E-state index is -1.30. The first-order chi connectivity index (χ1) is 11.0. The van der Waals surface area contributed by atoms with Crippen LogP contribution in [0.1, 0.15) is 32.6 Å². The van der Waals surface area contributed by atoms with E-state index < -0.39 is 54.3 Å². The van der Waals surface area contributed by atoms with Crippen molar-refractivity contribution in [1.82, 2.24) is 10.6 Å². The van der Waals surface area contributed by atoms with Gasteiger partial charge in [-0.1, -0.05) is 0 Å². The van der Waals surface area contributed by atoms with Crippen LogP contribution in [-0.2, 0) is 24.0 Å². The summed E-state index contributed by atoms with van der Waals surface area (Å²) < 4.78 is 0. The Labute approximate surface area is 137 Å². The molecule has 0 aliphatic carbocycles. The lowest BCUT2D eigenvalue weighted by Gasteiger charge is -2.21. The zero-order valence-corrected chi connectivity index (χ0v) is 13.0. The highest BCUT2D eigenvalue weighted by atomic mass is 16.4. The molecule has 11 heteroatoms. The fraction of sp³-hybridized carbons (Fsp3) is 0.615. The zero-order valence-electron chi connectivity index (χ0n) is 13.0. The molecule has 3 atom stereocenters. The van der Waals surface area contributed by atoms with E-state index >= 15 is 0 Å². The second-order valence-corrected chi connectivity index (χ2v) is 5.10. The van der Waals surface area contributed by atoms with Crippen LogP contribution in [0.3, 0.4) is 0 Å². The lowest BCUT2D eigenvalue weighted by atomic mass is 10.1. The van der Waals surface area contributed by atoms with Crippen molar-refractivity contribution in [2.24, 2.45) is 5.73 Å². The summed E-state index contributed by atoms with van der Waals surface area (Å²) in [5, 5.41) is 30.3. The molecular weight excluding hydrogens is 326 g/mol. The molecule has 0 aromatic rings. The van der Waals surface area contributed by atoms with Crippen molar-refractivity contribution in [1.29, 1.82) is 0 Å². The monoisotopic (exact) mass is 347 g/mol. The zero-order chi connectivity index (χ0) is 18.9. The van der Waals surface area contributed by atoms with Crippen molar-refractivity contribution in [3.63, 3.8) is 0 Å². The number of aliphatic carboxylic acids is 3. The van der Waals surface area contributed by atoms with Gasteiger partial charge in [0.05, 0.1) is 6.04 Å². The number of carboxylic acid groups (broad SMARTS) is 3. The summed E-state index contributed by atoms with van der Waals surface area (Å²) in [6.45, 7) is 1.20. The number of hydrogen-bond acceptors (Lipinski definition) is 6. The molecule has 0 aromatic carbocycles. The summed E-state index contributed by atoms with van der Waals surface area (Å²) in [6, 6.07) is -3.73. The van der Waals surface area contributed by atoms with Gasteiger partial charge in [-0.2, -0.15) is 0 Å². The number of rotatable bonds is 11. The molecular formula is C13H21N3O8. The molecule has 0 aromatic heterocycles. The first kappa shape index (κ1) is 21.3. The molecule has 11 nitrogen and oxygen atoms in total. The van der Waals surface area contributed by atoms with E-state index in [1.165, 1.54) is 6.92 Å². The maximum absolute atomic E-state index is 12.0. The average Bonchev–Trinajstić information content (AvgIpc) is 2.47. The van der Waals surface area contributed by atoms with Gasteiger partial charge in [0.15, 0.2) is 0 Å². The maximum Gasteiger partial charge on any atom is 0.325 e. The summed E-state index contributed by atoms with van der Waals surface area (Å²) in [4.78, 5) is 55.6. The largest absolute Gasteiger partial charge is 0.481 e. The molecule has 3 unspecified atom stereocenters. The van der Waals surface area contributed by atoms with Crippen molar-refractivity contribution >= 4 is 29.7 Å². The number of nitrogens with one attached hydrogen (secondary N) is 2. The maximum atomic E-state index is 12.0. The predicted molar refractivity (Wildman–Crippen MR) is 78.9 cm³/mol. The van der Waals surface area contributed by atoms with Crippen LogP contribution in [0.4, 0.5) is 0 Å². The van der Waals surface area contributed by atoms with Gasteiger partial charge in [0.2, 0.25) is 11.8 Å². The van der Waals surface area contributed by atoms with Crippen LogP contribution in [0.15, 0.2) is 0 Å². The van der Waals surface area contributed by atoms with Gasteiger partial charge in [-0.05, 0) is 19.8 Å². The van der Waals surface area contributed by atoms with E-state index in [2.05, 4.69) is 10.6 Å². The summed E-state index contributed by atoms with van der Waals surface area (Å²) in [5.74, 6) is -5.35. The predicted octanol–water partition coefficient (Wildman–Crippen LogP) is -1.88. The molecule has 24 heavy (non-hydrogen) atoms. The molecule has 0 spiro atoms. The molecule has 0 saturated heterocycles. The molecule has 0 radical (unpaired) electrons. The summed E-state index contributed by atoms with van der Waals surface area (Å²) in [5.41, 5.74) is 5.50. The SMILES string of the molecule is CC(NC(=O)C(CCC(=O)O)NC(=O)C(N)CCC(=O)O)C(=O)O. The van der Waals surface area contributed by atoms with Crippen LogP contribution in [0.5, 0.6) is 0 Å². The Hall–Kier alpha value is -2.69. The van der Waals surface area contributed by atoms with Gasteiger partial charge in [-0.25, -0.2) is 0 Å². The Balaban J connectivity index is 4.83. The van der Waals surface area contributed by atoms with Crippen LogP contribution in [0.25, 0.3) is 0 Å². The molecule has 0 heterocycles. The molecule has 0 saturated carbocycles. The third-order valence-corrected chi connectivity index (χ3v) is 3.02. The van der Waals surface area contributed by atoms with Crippen LogP contribution in [0, 0.1) is 0 Å². The highest BCUT2D eigenvalue weighted by molar-refractivity contribution is 5.92.